The zero-order chi connectivity index (χ0) is 23.3. The lowest BCUT2D eigenvalue weighted by Gasteiger charge is -2.35. The molecule has 2 aromatic rings. The molecule has 0 saturated carbocycles. The second kappa shape index (κ2) is 8.02. The van der Waals surface area contributed by atoms with Crippen molar-refractivity contribution >= 4 is 48.9 Å². The molecular weight excluding hydrogens is 474 g/mol. The minimum Gasteiger partial charge on any atom is -0.369 e. The van der Waals surface area contributed by atoms with Gasteiger partial charge in [0.15, 0.2) is 0 Å². The summed E-state index contributed by atoms with van der Waals surface area (Å²) in [7, 11) is -7.55. The Bertz CT molecular complexity index is 1250. The number of hydrogen-bond donors (Lipinski definition) is 0. The van der Waals surface area contributed by atoms with Crippen LogP contribution >= 0.6 is 11.6 Å². The Morgan fingerprint density at radius 1 is 0.938 bits per heavy atom. The van der Waals surface area contributed by atoms with Gasteiger partial charge in [0.05, 0.1) is 21.8 Å². The summed E-state index contributed by atoms with van der Waals surface area (Å²) in [6.07, 6.45) is 0. The first kappa shape index (κ1) is 23.0. The van der Waals surface area contributed by atoms with Crippen molar-refractivity contribution in [3.8, 4) is 0 Å². The van der Waals surface area contributed by atoms with E-state index in [-0.39, 0.29) is 16.3 Å². The zero-order valence-corrected chi connectivity index (χ0v) is 20.1. The molecule has 2 heterocycles. The minimum absolute atomic E-state index is 0.0563. The van der Waals surface area contributed by atoms with Crippen molar-refractivity contribution < 1.29 is 21.6 Å². The Labute approximate surface area is 193 Å². The van der Waals surface area contributed by atoms with Gasteiger partial charge in [-0.1, -0.05) is 17.7 Å². The summed E-state index contributed by atoms with van der Waals surface area (Å²) in [6.45, 7) is 4.82. The molecule has 4 rings (SSSR count). The van der Waals surface area contributed by atoms with Crippen molar-refractivity contribution in [2.75, 3.05) is 41.1 Å². The highest BCUT2D eigenvalue weighted by Gasteiger charge is 2.49. The van der Waals surface area contributed by atoms with Crippen LogP contribution in [0.4, 0.5) is 11.4 Å². The lowest BCUT2D eigenvalue weighted by molar-refractivity contribution is -0.123. The van der Waals surface area contributed by atoms with Gasteiger partial charge in [-0.3, -0.25) is 4.79 Å². The standard InChI is InChI=1S/C21H24ClN3O5S2/c1-21(2)15-31(27,28)25(20(21)26)17-6-8-19(9-7-17)32(29,30)24-12-10-23(11-13-24)18-5-3-4-16(22)14-18/h3-9,14H,10-13,15H2,1-2H3. The highest BCUT2D eigenvalue weighted by Crippen LogP contribution is 2.36. The summed E-state index contributed by atoms with van der Waals surface area (Å²) in [4.78, 5) is 14.7. The second-order valence-corrected chi connectivity index (χ2v) is 12.8. The van der Waals surface area contributed by atoms with Crippen LogP contribution in [-0.4, -0.2) is 59.0 Å². The summed E-state index contributed by atoms with van der Waals surface area (Å²) in [6, 6.07) is 12.9. The fourth-order valence-electron chi connectivity index (χ4n) is 4.02. The average molecular weight is 498 g/mol. The fourth-order valence-corrected chi connectivity index (χ4v) is 7.74. The Morgan fingerprint density at radius 2 is 1.56 bits per heavy atom. The van der Waals surface area contributed by atoms with Gasteiger partial charge in [0, 0.05) is 36.9 Å². The number of halogens is 1. The molecule has 0 aliphatic carbocycles. The van der Waals surface area contributed by atoms with Crippen molar-refractivity contribution in [3.05, 3.63) is 53.6 Å². The van der Waals surface area contributed by atoms with Gasteiger partial charge in [-0.25, -0.2) is 21.1 Å². The van der Waals surface area contributed by atoms with Gasteiger partial charge in [0.2, 0.25) is 26.0 Å². The number of hydrogen-bond acceptors (Lipinski definition) is 6. The predicted octanol–water partition coefficient (Wildman–Crippen LogP) is 2.55. The van der Waals surface area contributed by atoms with Crippen LogP contribution in [0.25, 0.3) is 0 Å². The Kier molecular flexibility index (Phi) is 5.77. The minimum atomic E-state index is -3.79. The van der Waals surface area contributed by atoms with Crippen molar-refractivity contribution in [3.63, 3.8) is 0 Å². The van der Waals surface area contributed by atoms with Crippen LogP contribution < -0.4 is 9.21 Å². The first-order chi connectivity index (χ1) is 14.9. The molecule has 172 valence electrons. The van der Waals surface area contributed by atoms with Gasteiger partial charge in [-0.2, -0.15) is 4.31 Å². The smallest absolute Gasteiger partial charge is 0.247 e. The van der Waals surface area contributed by atoms with Crippen LogP contribution in [-0.2, 0) is 24.8 Å². The molecule has 0 unspecified atom stereocenters. The maximum Gasteiger partial charge on any atom is 0.247 e. The number of piperazine rings is 1. The second-order valence-electron chi connectivity index (χ2n) is 8.57. The Morgan fingerprint density at radius 3 is 2.09 bits per heavy atom. The van der Waals surface area contributed by atoms with E-state index in [0.717, 1.165) is 9.99 Å². The normalized spacial score (nSPS) is 21.2. The van der Waals surface area contributed by atoms with Crippen LogP contribution in [0.1, 0.15) is 13.8 Å². The number of rotatable bonds is 4. The third-order valence-electron chi connectivity index (χ3n) is 5.71. The highest BCUT2D eigenvalue weighted by molar-refractivity contribution is 7.94. The van der Waals surface area contributed by atoms with Crippen LogP contribution in [0.2, 0.25) is 5.02 Å². The van der Waals surface area contributed by atoms with E-state index in [1.807, 2.05) is 18.2 Å². The average Bonchev–Trinajstić information content (AvgIpc) is 2.90. The third-order valence-corrected chi connectivity index (χ3v) is 9.87. The van der Waals surface area contributed by atoms with Crippen LogP contribution in [0.3, 0.4) is 0 Å². The predicted molar refractivity (Wildman–Crippen MR) is 124 cm³/mol. The number of nitrogens with zero attached hydrogens (tertiary/aromatic N) is 3. The number of carbonyl (C=O) groups excluding carboxylic acids is 1. The van der Waals surface area contributed by atoms with Gasteiger partial charge in [-0.15, -0.1) is 0 Å². The van der Waals surface area contributed by atoms with Crippen LogP contribution in [0, 0.1) is 5.41 Å². The molecule has 11 heteroatoms. The lowest BCUT2D eigenvalue weighted by atomic mass is 9.95. The SMILES string of the molecule is CC1(C)CS(=O)(=O)N(c2ccc(S(=O)(=O)N3CCN(c4cccc(Cl)c4)CC3)cc2)C1=O. The molecule has 2 aliphatic heterocycles. The lowest BCUT2D eigenvalue weighted by Crippen LogP contribution is -2.48. The van der Waals surface area contributed by atoms with E-state index >= 15 is 0 Å². The molecule has 2 saturated heterocycles. The Balaban J connectivity index is 1.50. The van der Waals surface area contributed by atoms with Gasteiger partial charge in [-0.05, 0) is 56.3 Å². The monoisotopic (exact) mass is 497 g/mol. The van der Waals surface area contributed by atoms with E-state index in [2.05, 4.69) is 4.90 Å². The first-order valence-corrected chi connectivity index (χ1v) is 13.5. The van der Waals surface area contributed by atoms with Crippen LogP contribution in [0.5, 0.6) is 0 Å². The molecule has 8 nitrogen and oxygen atoms in total. The molecule has 0 radical (unpaired) electrons. The summed E-state index contributed by atoms with van der Waals surface area (Å²) >= 11 is 6.05. The van der Waals surface area contributed by atoms with Crippen molar-refractivity contribution in [2.45, 2.75) is 18.7 Å². The molecule has 0 atom stereocenters. The fraction of sp³-hybridized carbons (Fsp3) is 0.381. The van der Waals surface area contributed by atoms with Crippen molar-refractivity contribution in [2.24, 2.45) is 5.41 Å². The number of amides is 1. The van der Waals surface area contributed by atoms with E-state index in [4.69, 9.17) is 11.6 Å². The molecule has 2 aliphatic rings. The maximum atomic E-state index is 13.1. The number of carbonyl (C=O) groups is 1. The molecular formula is C21H24ClN3O5S2. The van der Waals surface area contributed by atoms with Gasteiger partial charge < -0.3 is 4.90 Å². The molecule has 2 aromatic carbocycles. The van der Waals surface area contributed by atoms with E-state index in [0.29, 0.717) is 31.2 Å². The summed E-state index contributed by atoms with van der Waals surface area (Å²) in [5.74, 6) is -0.805. The summed E-state index contributed by atoms with van der Waals surface area (Å²) in [5.41, 5.74) is 0.0651. The van der Waals surface area contributed by atoms with Gasteiger partial charge in [0.1, 0.15) is 0 Å². The maximum absolute atomic E-state index is 13.1. The van der Waals surface area contributed by atoms with Crippen molar-refractivity contribution in [1.29, 1.82) is 0 Å². The topological polar surface area (TPSA) is 95.1 Å². The molecule has 0 aromatic heterocycles. The molecule has 2 fully saturated rings. The zero-order valence-electron chi connectivity index (χ0n) is 17.7. The van der Waals surface area contributed by atoms with Crippen molar-refractivity contribution in [1.82, 2.24) is 4.31 Å². The highest BCUT2D eigenvalue weighted by atomic mass is 35.5. The summed E-state index contributed by atoms with van der Waals surface area (Å²) < 4.78 is 53.3. The number of anilines is 2. The molecule has 0 N–H and O–H groups in total. The van der Waals surface area contributed by atoms with E-state index < -0.39 is 31.4 Å². The van der Waals surface area contributed by atoms with Gasteiger partial charge in [0.25, 0.3) is 0 Å². The van der Waals surface area contributed by atoms with Gasteiger partial charge >= 0.3 is 0 Å². The van der Waals surface area contributed by atoms with E-state index in [1.54, 1.807) is 19.9 Å². The van der Waals surface area contributed by atoms with Crippen LogP contribution in [0.15, 0.2) is 53.4 Å². The van der Waals surface area contributed by atoms with E-state index in [1.165, 1.54) is 28.6 Å². The largest absolute Gasteiger partial charge is 0.369 e. The molecule has 1 amide bonds. The number of benzene rings is 2. The molecule has 0 bridgehead atoms. The van der Waals surface area contributed by atoms with E-state index in [9.17, 15) is 21.6 Å². The Hall–Kier alpha value is -2.14. The quantitative estimate of drug-likeness (QED) is 0.644. The first-order valence-electron chi connectivity index (χ1n) is 10.1. The number of sulfonamides is 2. The molecule has 32 heavy (non-hydrogen) atoms. The molecule has 0 spiro atoms. The third kappa shape index (κ3) is 4.12. The summed E-state index contributed by atoms with van der Waals surface area (Å²) in [5, 5.41) is 0.625.